The summed E-state index contributed by atoms with van der Waals surface area (Å²) < 4.78 is 0. The van der Waals surface area contributed by atoms with Crippen LogP contribution in [0.1, 0.15) is 16.8 Å². The summed E-state index contributed by atoms with van der Waals surface area (Å²) in [6.07, 6.45) is 0.258. The number of nitrogens with two attached hydrogens (primary N) is 1. The number of anilines is 1. The number of hydrogen-bond acceptors (Lipinski definition) is 2. The van der Waals surface area contributed by atoms with Gasteiger partial charge in [-0.1, -0.05) is 12.1 Å². The predicted molar refractivity (Wildman–Crippen MR) is 45.2 cm³/mol. The Balaban J connectivity index is 3.03. The smallest absolute Gasteiger partial charge is 0.164 e. The van der Waals surface area contributed by atoms with Crippen molar-refractivity contribution in [2.45, 2.75) is 6.42 Å². The average molecular weight is 148 g/mol. The standard InChI is InChI=1S/C9H10NO/c1-2-9(11)7-5-3-4-6-8(7)10/h3-6H,1-2,10H2. The molecule has 0 amide bonds. The minimum Gasteiger partial charge on any atom is -0.398 e. The van der Waals surface area contributed by atoms with Gasteiger partial charge in [-0.15, -0.1) is 0 Å². The van der Waals surface area contributed by atoms with Gasteiger partial charge in [0.1, 0.15) is 0 Å². The van der Waals surface area contributed by atoms with Crippen molar-refractivity contribution < 1.29 is 4.79 Å². The van der Waals surface area contributed by atoms with E-state index in [9.17, 15) is 4.79 Å². The Morgan fingerprint density at radius 2 is 2.09 bits per heavy atom. The van der Waals surface area contributed by atoms with Gasteiger partial charge in [0.2, 0.25) is 0 Å². The van der Waals surface area contributed by atoms with Gasteiger partial charge < -0.3 is 5.73 Å². The van der Waals surface area contributed by atoms with Crippen LogP contribution in [0.2, 0.25) is 0 Å². The van der Waals surface area contributed by atoms with E-state index in [4.69, 9.17) is 5.73 Å². The maximum atomic E-state index is 11.1. The molecule has 1 radical (unpaired) electrons. The van der Waals surface area contributed by atoms with Crippen LogP contribution in [0.5, 0.6) is 0 Å². The molecule has 0 fully saturated rings. The predicted octanol–water partition coefficient (Wildman–Crippen LogP) is 1.68. The first-order valence-electron chi connectivity index (χ1n) is 3.42. The molecule has 2 heteroatoms. The molecule has 0 saturated carbocycles. The molecule has 0 aromatic heterocycles. The fraction of sp³-hybridized carbons (Fsp3) is 0.111. The van der Waals surface area contributed by atoms with E-state index in [1.54, 1.807) is 24.3 Å². The lowest BCUT2D eigenvalue weighted by Crippen LogP contribution is -2.01. The normalized spacial score (nSPS) is 9.55. The molecular formula is C9H10NO. The highest BCUT2D eigenvalue weighted by molar-refractivity contribution is 6.00. The first kappa shape index (κ1) is 7.79. The van der Waals surface area contributed by atoms with Crippen molar-refractivity contribution >= 4 is 11.5 Å². The second kappa shape index (κ2) is 3.19. The molecule has 57 valence electrons. The quantitative estimate of drug-likeness (QED) is 0.512. The lowest BCUT2D eigenvalue weighted by Gasteiger charge is -2.00. The van der Waals surface area contributed by atoms with Gasteiger partial charge in [-0.3, -0.25) is 4.79 Å². The Morgan fingerprint density at radius 1 is 1.45 bits per heavy atom. The molecule has 0 atom stereocenters. The fourth-order valence-electron chi connectivity index (χ4n) is 0.886. The van der Waals surface area contributed by atoms with E-state index in [1.807, 2.05) is 0 Å². The number of ketones is 1. The van der Waals surface area contributed by atoms with Crippen LogP contribution in [0.25, 0.3) is 0 Å². The summed E-state index contributed by atoms with van der Waals surface area (Å²) in [6.45, 7) is 3.50. The SMILES string of the molecule is [CH2]CC(=O)c1ccccc1N. The summed E-state index contributed by atoms with van der Waals surface area (Å²) in [5, 5.41) is 0. The maximum Gasteiger partial charge on any atom is 0.164 e. The van der Waals surface area contributed by atoms with E-state index in [1.165, 1.54) is 0 Å². The second-order valence-electron chi connectivity index (χ2n) is 2.26. The van der Waals surface area contributed by atoms with Crippen LogP contribution in [0.3, 0.4) is 0 Å². The molecule has 0 unspecified atom stereocenters. The van der Waals surface area contributed by atoms with Gasteiger partial charge in [0.05, 0.1) is 0 Å². The minimum atomic E-state index is -0.0110. The number of rotatable bonds is 2. The number of para-hydroxylation sites is 1. The van der Waals surface area contributed by atoms with Gasteiger partial charge in [-0.05, 0) is 19.1 Å². The Morgan fingerprint density at radius 3 is 2.64 bits per heavy atom. The van der Waals surface area contributed by atoms with Gasteiger partial charge in [0, 0.05) is 17.7 Å². The lowest BCUT2D eigenvalue weighted by atomic mass is 10.1. The van der Waals surface area contributed by atoms with Crippen LogP contribution >= 0.6 is 0 Å². The van der Waals surface area contributed by atoms with Crippen LogP contribution in [0.4, 0.5) is 5.69 Å². The summed E-state index contributed by atoms with van der Waals surface area (Å²) in [7, 11) is 0. The van der Waals surface area contributed by atoms with E-state index in [0.29, 0.717) is 11.3 Å². The lowest BCUT2D eigenvalue weighted by molar-refractivity contribution is 0.0996. The third kappa shape index (κ3) is 1.58. The van der Waals surface area contributed by atoms with Gasteiger partial charge >= 0.3 is 0 Å². The summed E-state index contributed by atoms with van der Waals surface area (Å²) >= 11 is 0. The first-order chi connectivity index (χ1) is 5.25. The average Bonchev–Trinajstić information content (AvgIpc) is 2.04. The number of carbonyl (C=O) groups excluding carboxylic acids is 1. The maximum absolute atomic E-state index is 11.1. The van der Waals surface area contributed by atoms with Crippen molar-refractivity contribution in [3.05, 3.63) is 36.8 Å². The highest BCUT2D eigenvalue weighted by Gasteiger charge is 2.04. The van der Waals surface area contributed by atoms with E-state index in [2.05, 4.69) is 6.92 Å². The molecule has 2 nitrogen and oxygen atoms in total. The number of Topliss-reactive ketones (excluding diaryl/α,β-unsaturated/α-hetero) is 1. The summed E-state index contributed by atoms with van der Waals surface area (Å²) in [6, 6.07) is 7.01. The van der Waals surface area contributed by atoms with E-state index < -0.39 is 0 Å². The molecule has 0 bridgehead atoms. The van der Waals surface area contributed by atoms with Crippen LogP contribution in [0, 0.1) is 6.92 Å². The zero-order valence-electron chi connectivity index (χ0n) is 6.21. The molecule has 0 aliphatic carbocycles. The van der Waals surface area contributed by atoms with Gasteiger partial charge in [-0.2, -0.15) is 0 Å². The molecular weight excluding hydrogens is 138 g/mol. The van der Waals surface area contributed by atoms with Crippen molar-refractivity contribution in [2.75, 3.05) is 5.73 Å². The summed E-state index contributed by atoms with van der Waals surface area (Å²) in [5.74, 6) is -0.0110. The van der Waals surface area contributed by atoms with Crippen LogP contribution in [0.15, 0.2) is 24.3 Å². The van der Waals surface area contributed by atoms with E-state index in [0.717, 1.165) is 0 Å². The molecule has 1 rings (SSSR count). The molecule has 0 spiro atoms. The van der Waals surface area contributed by atoms with E-state index >= 15 is 0 Å². The number of nitrogen functional groups attached to an aromatic ring is 1. The molecule has 0 heterocycles. The largest absolute Gasteiger partial charge is 0.398 e. The Hall–Kier alpha value is -1.31. The van der Waals surface area contributed by atoms with Gasteiger partial charge in [0.25, 0.3) is 0 Å². The minimum absolute atomic E-state index is 0.0110. The Kier molecular flexibility index (Phi) is 2.26. The highest BCUT2D eigenvalue weighted by atomic mass is 16.1. The molecule has 11 heavy (non-hydrogen) atoms. The first-order valence-corrected chi connectivity index (χ1v) is 3.42. The van der Waals surface area contributed by atoms with Gasteiger partial charge in [0.15, 0.2) is 5.78 Å². The highest BCUT2D eigenvalue weighted by Crippen LogP contribution is 2.11. The monoisotopic (exact) mass is 148 g/mol. The van der Waals surface area contributed by atoms with E-state index in [-0.39, 0.29) is 12.2 Å². The third-order valence-electron chi connectivity index (χ3n) is 1.49. The molecule has 1 aromatic carbocycles. The van der Waals surface area contributed by atoms with Crippen molar-refractivity contribution in [2.24, 2.45) is 0 Å². The number of carbonyl (C=O) groups is 1. The van der Waals surface area contributed by atoms with Crippen molar-refractivity contribution in [3.63, 3.8) is 0 Å². The topological polar surface area (TPSA) is 43.1 Å². The van der Waals surface area contributed by atoms with Crippen molar-refractivity contribution in [1.82, 2.24) is 0 Å². The zero-order chi connectivity index (χ0) is 8.27. The van der Waals surface area contributed by atoms with Crippen LogP contribution in [-0.2, 0) is 0 Å². The fourth-order valence-corrected chi connectivity index (χ4v) is 0.886. The van der Waals surface area contributed by atoms with Gasteiger partial charge in [-0.25, -0.2) is 0 Å². The summed E-state index contributed by atoms with van der Waals surface area (Å²) in [5.41, 5.74) is 6.65. The molecule has 0 aliphatic rings. The van der Waals surface area contributed by atoms with Crippen molar-refractivity contribution in [1.29, 1.82) is 0 Å². The Labute approximate surface area is 66.0 Å². The summed E-state index contributed by atoms with van der Waals surface area (Å²) in [4.78, 5) is 11.1. The molecule has 1 aromatic rings. The number of benzene rings is 1. The second-order valence-corrected chi connectivity index (χ2v) is 2.26. The van der Waals surface area contributed by atoms with Crippen molar-refractivity contribution in [3.8, 4) is 0 Å². The zero-order valence-corrected chi connectivity index (χ0v) is 6.21. The van der Waals surface area contributed by atoms with Crippen LogP contribution in [-0.4, -0.2) is 5.78 Å². The third-order valence-corrected chi connectivity index (χ3v) is 1.49. The molecule has 2 N–H and O–H groups in total. The number of hydrogen-bond donors (Lipinski definition) is 1. The molecule has 0 aliphatic heterocycles. The van der Waals surface area contributed by atoms with Crippen LogP contribution < -0.4 is 5.73 Å². The Bertz CT molecular complexity index is 268. The molecule has 0 saturated heterocycles.